The molecular formula is C21H38O4. The van der Waals surface area contributed by atoms with E-state index in [1.54, 1.807) is 0 Å². The smallest absolute Gasteiger partial charge is 0.323 e. The average molecular weight is 355 g/mol. The maximum absolute atomic E-state index is 12.4. The Hall–Kier alpha value is -1.06. The monoisotopic (exact) mass is 354 g/mol. The average Bonchev–Trinajstić information content (AvgIpc) is 3.00. The van der Waals surface area contributed by atoms with E-state index in [0.717, 1.165) is 6.42 Å². The molecule has 1 saturated carbocycles. The molecule has 0 aromatic heterocycles. The van der Waals surface area contributed by atoms with Gasteiger partial charge in [-0.3, -0.25) is 9.59 Å². The highest BCUT2D eigenvalue weighted by Gasteiger charge is 2.57. The van der Waals surface area contributed by atoms with Crippen LogP contribution in [0.3, 0.4) is 0 Å². The molecular weight excluding hydrogens is 316 g/mol. The van der Waals surface area contributed by atoms with Crippen LogP contribution in [0, 0.1) is 23.2 Å². The van der Waals surface area contributed by atoms with E-state index < -0.39 is 17.4 Å². The first-order chi connectivity index (χ1) is 11.9. The second-order valence-corrected chi connectivity index (χ2v) is 8.05. The predicted octanol–water partition coefficient (Wildman–Crippen LogP) is 5.14. The molecule has 0 N–H and O–H groups in total. The molecule has 1 fully saturated rings. The summed E-state index contributed by atoms with van der Waals surface area (Å²) in [6.07, 6.45) is 11.2. The van der Waals surface area contributed by atoms with Gasteiger partial charge in [-0.15, -0.1) is 0 Å². The molecule has 0 unspecified atom stereocenters. The zero-order chi connectivity index (χ0) is 18.9. The van der Waals surface area contributed by atoms with Gasteiger partial charge in [-0.2, -0.15) is 0 Å². The molecule has 1 rings (SSSR count). The van der Waals surface area contributed by atoms with Crippen molar-refractivity contribution in [3.63, 3.8) is 0 Å². The minimum absolute atomic E-state index is 0.373. The molecule has 1 aliphatic carbocycles. The Balaban J connectivity index is 2.65. The van der Waals surface area contributed by atoms with E-state index in [1.165, 1.54) is 59.2 Å². The number of hydrogen-bond acceptors (Lipinski definition) is 4. The molecule has 0 bridgehead atoms. The molecule has 0 spiro atoms. The summed E-state index contributed by atoms with van der Waals surface area (Å²) >= 11 is 0. The molecule has 0 radical (unpaired) electrons. The summed E-state index contributed by atoms with van der Waals surface area (Å²) < 4.78 is 9.96. The van der Waals surface area contributed by atoms with Gasteiger partial charge < -0.3 is 9.47 Å². The molecule has 25 heavy (non-hydrogen) atoms. The Kier molecular flexibility index (Phi) is 9.52. The van der Waals surface area contributed by atoms with Crippen LogP contribution in [0.1, 0.15) is 85.0 Å². The van der Waals surface area contributed by atoms with E-state index in [0.29, 0.717) is 30.6 Å². The molecule has 0 saturated heterocycles. The van der Waals surface area contributed by atoms with Crippen molar-refractivity contribution in [3.8, 4) is 0 Å². The van der Waals surface area contributed by atoms with Gasteiger partial charge in [-0.05, 0) is 30.6 Å². The van der Waals surface area contributed by atoms with E-state index in [4.69, 9.17) is 9.47 Å². The van der Waals surface area contributed by atoms with Gasteiger partial charge in [0.05, 0.1) is 14.2 Å². The summed E-state index contributed by atoms with van der Waals surface area (Å²) in [5, 5.41) is 0. The molecule has 2 atom stereocenters. The Labute approximate surface area is 154 Å². The van der Waals surface area contributed by atoms with Crippen molar-refractivity contribution in [1.82, 2.24) is 0 Å². The SMILES string of the molecule is CCCCCCCCC[C@H]1CC(C(=O)OC)(C(=O)OC)C[C@@H]1C(C)C. The molecule has 0 aromatic carbocycles. The number of methoxy groups -OCH3 is 2. The van der Waals surface area contributed by atoms with Crippen molar-refractivity contribution < 1.29 is 19.1 Å². The van der Waals surface area contributed by atoms with Crippen LogP contribution in [0.15, 0.2) is 0 Å². The molecule has 0 aliphatic heterocycles. The lowest BCUT2D eigenvalue weighted by atomic mass is 9.82. The Morgan fingerprint density at radius 2 is 1.44 bits per heavy atom. The fraction of sp³-hybridized carbons (Fsp3) is 0.905. The third kappa shape index (κ3) is 5.72. The first-order valence-electron chi connectivity index (χ1n) is 10.1. The molecule has 0 aromatic rings. The number of esters is 2. The van der Waals surface area contributed by atoms with Crippen LogP contribution in [0.5, 0.6) is 0 Å². The second-order valence-electron chi connectivity index (χ2n) is 8.05. The Bertz CT molecular complexity index is 400. The molecule has 0 heterocycles. The number of unbranched alkanes of at least 4 members (excludes halogenated alkanes) is 6. The first kappa shape index (κ1) is 22.0. The lowest BCUT2D eigenvalue weighted by Gasteiger charge is -2.24. The van der Waals surface area contributed by atoms with E-state index >= 15 is 0 Å². The fourth-order valence-electron chi connectivity index (χ4n) is 4.52. The summed E-state index contributed by atoms with van der Waals surface area (Å²) in [6.45, 7) is 6.61. The third-order valence-electron chi connectivity index (χ3n) is 5.99. The van der Waals surface area contributed by atoms with Gasteiger partial charge >= 0.3 is 11.9 Å². The minimum atomic E-state index is -1.09. The highest BCUT2D eigenvalue weighted by Crippen LogP contribution is 2.51. The van der Waals surface area contributed by atoms with E-state index in [2.05, 4.69) is 20.8 Å². The Morgan fingerprint density at radius 1 is 0.920 bits per heavy atom. The number of hydrogen-bond donors (Lipinski definition) is 0. The number of rotatable bonds is 11. The quantitative estimate of drug-likeness (QED) is 0.293. The molecule has 4 heteroatoms. The standard InChI is InChI=1S/C21H38O4/c1-6-7-8-9-10-11-12-13-17-14-21(19(22)24-4,20(23)25-5)15-18(17)16(2)3/h16-18H,6-15H2,1-5H3/t17-,18+/m0/s1. The van der Waals surface area contributed by atoms with Crippen LogP contribution in [-0.4, -0.2) is 26.2 Å². The van der Waals surface area contributed by atoms with Gasteiger partial charge in [0, 0.05) is 0 Å². The fourth-order valence-corrected chi connectivity index (χ4v) is 4.52. The molecule has 146 valence electrons. The van der Waals surface area contributed by atoms with Crippen LogP contribution < -0.4 is 0 Å². The van der Waals surface area contributed by atoms with Gasteiger partial charge in [0.2, 0.25) is 0 Å². The summed E-state index contributed by atoms with van der Waals surface area (Å²) in [5.74, 6) is 0.372. The van der Waals surface area contributed by atoms with Crippen molar-refractivity contribution in [2.75, 3.05) is 14.2 Å². The van der Waals surface area contributed by atoms with Crippen LogP contribution in [0.25, 0.3) is 0 Å². The van der Waals surface area contributed by atoms with Crippen molar-refractivity contribution >= 4 is 11.9 Å². The van der Waals surface area contributed by atoms with E-state index in [-0.39, 0.29) is 0 Å². The predicted molar refractivity (Wildman–Crippen MR) is 100 cm³/mol. The van der Waals surface area contributed by atoms with Crippen molar-refractivity contribution in [1.29, 1.82) is 0 Å². The third-order valence-corrected chi connectivity index (χ3v) is 5.99. The lowest BCUT2D eigenvalue weighted by molar-refractivity contribution is -0.169. The van der Waals surface area contributed by atoms with Gasteiger partial charge in [-0.25, -0.2) is 0 Å². The largest absolute Gasteiger partial charge is 0.468 e. The first-order valence-corrected chi connectivity index (χ1v) is 10.1. The highest BCUT2D eigenvalue weighted by molar-refractivity contribution is 6.00. The molecule has 0 amide bonds. The number of ether oxygens (including phenoxy) is 2. The van der Waals surface area contributed by atoms with Crippen molar-refractivity contribution in [3.05, 3.63) is 0 Å². The van der Waals surface area contributed by atoms with Crippen LogP contribution >= 0.6 is 0 Å². The van der Waals surface area contributed by atoms with E-state index in [9.17, 15) is 9.59 Å². The maximum Gasteiger partial charge on any atom is 0.323 e. The molecule has 4 nitrogen and oxygen atoms in total. The van der Waals surface area contributed by atoms with Gasteiger partial charge in [0.25, 0.3) is 0 Å². The van der Waals surface area contributed by atoms with Crippen molar-refractivity contribution in [2.24, 2.45) is 23.2 Å². The van der Waals surface area contributed by atoms with E-state index in [1.807, 2.05) is 0 Å². The highest BCUT2D eigenvalue weighted by atomic mass is 16.5. The Morgan fingerprint density at radius 3 is 1.92 bits per heavy atom. The minimum Gasteiger partial charge on any atom is -0.468 e. The summed E-state index contributed by atoms with van der Waals surface area (Å²) in [6, 6.07) is 0. The van der Waals surface area contributed by atoms with Crippen LogP contribution in [0.2, 0.25) is 0 Å². The topological polar surface area (TPSA) is 52.6 Å². The summed E-state index contributed by atoms with van der Waals surface area (Å²) in [4.78, 5) is 24.8. The summed E-state index contributed by atoms with van der Waals surface area (Å²) in [7, 11) is 2.72. The van der Waals surface area contributed by atoms with Gasteiger partial charge in [0.1, 0.15) is 0 Å². The van der Waals surface area contributed by atoms with Crippen LogP contribution in [-0.2, 0) is 19.1 Å². The van der Waals surface area contributed by atoms with Gasteiger partial charge in [-0.1, -0.05) is 72.1 Å². The summed E-state index contributed by atoms with van der Waals surface area (Å²) in [5.41, 5.74) is -1.09. The normalized spacial score (nSPS) is 22.2. The number of carbonyl (C=O) groups is 2. The number of carbonyl (C=O) groups excluding carboxylic acids is 2. The van der Waals surface area contributed by atoms with Crippen molar-refractivity contribution in [2.45, 2.75) is 85.0 Å². The second kappa shape index (κ2) is 10.8. The zero-order valence-electron chi connectivity index (χ0n) is 16.9. The zero-order valence-corrected chi connectivity index (χ0v) is 16.9. The molecule has 1 aliphatic rings. The maximum atomic E-state index is 12.4. The van der Waals surface area contributed by atoms with Gasteiger partial charge in [0.15, 0.2) is 5.41 Å². The lowest BCUT2D eigenvalue weighted by Crippen LogP contribution is -2.39. The van der Waals surface area contributed by atoms with Crippen LogP contribution in [0.4, 0.5) is 0 Å².